The second kappa shape index (κ2) is 9.83. The minimum Gasteiger partial charge on any atom is -0.493 e. The number of ether oxygens (including phenoxy) is 2. The van der Waals surface area contributed by atoms with Gasteiger partial charge in [-0.15, -0.1) is 0 Å². The van der Waals surface area contributed by atoms with Gasteiger partial charge in [0.2, 0.25) is 11.6 Å². The van der Waals surface area contributed by atoms with Gasteiger partial charge in [-0.1, -0.05) is 6.07 Å². The van der Waals surface area contributed by atoms with Crippen LogP contribution in [0.4, 0.5) is 23.1 Å². The number of pyridine rings is 1. The number of hydrogen-bond acceptors (Lipinski definition) is 9. The first kappa shape index (κ1) is 21.2. The molecule has 3 rings (SSSR count). The molecular formula is C19H19BrN6O4. The first-order valence-electron chi connectivity index (χ1n) is 8.84. The molecule has 0 amide bonds. The molecule has 0 aliphatic carbocycles. The number of benzene rings is 1. The molecule has 30 heavy (non-hydrogen) atoms. The van der Waals surface area contributed by atoms with Crippen LogP contribution in [-0.4, -0.2) is 40.6 Å². The monoisotopic (exact) mass is 474 g/mol. The van der Waals surface area contributed by atoms with Gasteiger partial charge in [0.1, 0.15) is 12.1 Å². The van der Waals surface area contributed by atoms with Gasteiger partial charge in [0, 0.05) is 17.2 Å². The average molecular weight is 475 g/mol. The van der Waals surface area contributed by atoms with E-state index in [4.69, 9.17) is 9.47 Å². The van der Waals surface area contributed by atoms with E-state index in [0.717, 1.165) is 10.0 Å². The highest BCUT2D eigenvalue weighted by Crippen LogP contribution is 2.31. The Balaban J connectivity index is 1.74. The highest BCUT2D eigenvalue weighted by atomic mass is 79.9. The zero-order valence-corrected chi connectivity index (χ0v) is 17.8. The van der Waals surface area contributed by atoms with E-state index >= 15 is 0 Å². The van der Waals surface area contributed by atoms with Crippen LogP contribution in [0, 0.1) is 10.1 Å². The van der Waals surface area contributed by atoms with Gasteiger partial charge >= 0.3 is 5.69 Å². The average Bonchev–Trinajstić information content (AvgIpc) is 2.75. The molecule has 0 atom stereocenters. The van der Waals surface area contributed by atoms with Crippen molar-refractivity contribution in [2.75, 3.05) is 31.4 Å². The van der Waals surface area contributed by atoms with Gasteiger partial charge in [-0.3, -0.25) is 10.1 Å². The van der Waals surface area contributed by atoms with Gasteiger partial charge in [0.15, 0.2) is 11.5 Å². The second-order valence-electron chi connectivity index (χ2n) is 6.03. The van der Waals surface area contributed by atoms with Crippen LogP contribution in [0.5, 0.6) is 11.5 Å². The number of anilines is 3. The van der Waals surface area contributed by atoms with Crippen molar-refractivity contribution < 1.29 is 14.4 Å². The third-order valence-corrected chi connectivity index (χ3v) is 4.60. The minimum atomic E-state index is -0.528. The van der Waals surface area contributed by atoms with Crippen LogP contribution in [0.1, 0.15) is 5.56 Å². The second-order valence-corrected chi connectivity index (χ2v) is 6.95. The molecule has 0 aliphatic rings. The molecule has 2 aromatic heterocycles. The number of nitrogens with zero attached hydrogens (tertiary/aromatic N) is 4. The lowest BCUT2D eigenvalue weighted by molar-refractivity contribution is -0.383. The third kappa shape index (κ3) is 5.11. The van der Waals surface area contributed by atoms with E-state index in [1.807, 2.05) is 18.2 Å². The largest absolute Gasteiger partial charge is 0.493 e. The smallest absolute Gasteiger partial charge is 0.353 e. The number of halogens is 1. The summed E-state index contributed by atoms with van der Waals surface area (Å²) in [6.07, 6.45) is 3.43. The Bertz CT molecular complexity index is 1030. The van der Waals surface area contributed by atoms with Gasteiger partial charge in [0.25, 0.3) is 0 Å². The van der Waals surface area contributed by atoms with Crippen molar-refractivity contribution in [2.24, 2.45) is 0 Å². The van der Waals surface area contributed by atoms with Crippen LogP contribution in [0.25, 0.3) is 0 Å². The van der Waals surface area contributed by atoms with Crippen molar-refractivity contribution in [3.05, 3.63) is 63.0 Å². The maximum absolute atomic E-state index is 11.7. The summed E-state index contributed by atoms with van der Waals surface area (Å²) in [7, 11) is 3.14. The van der Waals surface area contributed by atoms with Crippen LogP contribution < -0.4 is 20.1 Å². The van der Waals surface area contributed by atoms with Crippen LogP contribution in [0.15, 0.2) is 47.3 Å². The lowest BCUT2D eigenvalue weighted by atomic mass is 10.1. The maximum atomic E-state index is 11.7. The van der Waals surface area contributed by atoms with Crippen molar-refractivity contribution in [1.82, 2.24) is 15.0 Å². The van der Waals surface area contributed by atoms with Crippen LogP contribution >= 0.6 is 15.9 Å². The van der Waals surface area contributed by atoms with Crippen molar-refractivity contribution in [1.29, 1.82) is 0 Å². The Kier molecular flexibility index (Phi) is 6.96. The fourth-order valence-electron chi connectivity index (χ4n) is 2.71. The number of methoxy groups -OCH3 is 2. The van der Waals surface area contributed by atoms with E-state index in [2.05, 4.69) is 41.5 Å². The Hall–Kier alpha value is -3.47. The summed E-state index contributed by atoms with van der Waals surface area (Å²) in [6, 6.07) is 9.03. The van der Waals surface area contributed by atoms with Crippen molar-refractivity contribution in [3.63, 3.8) is 0 Å². The van der Waals surface area contributed by atoms with E-state index in [1.54, 1.807) is 32.5 Å². The molecular weight excluding hydrogens is 456 g/mol. The normalized spacial score (nSPS) is 10.4. The van der Waals surface area contributed by atoms with Gasteiger partial charge in [0.05, 0.1) is 19.1 Å². The Morgan fingerprint density at radius 3 is 2.50 bits per heavy atom. The summed E-state index contributed by atoms with van der Waals surface area (Å²) < 4.78 is 11.3. The van der Waals surface area contributed by atoms with Gasteiger partial charge in [-0.2, -0.15) is 0 Å². The van der Waals surface area contributed by atoms with Gasteiger partial charge in [-0.25, -0.2) is 15.0 Å². The lowest BCUT2D eigenvalue weighted by Gasteiger charge is -2.11. The predicted octanol–water partition coefficient (Wildman–Crippen LogP) is 3.96. The molecule has 0 saturated carbocycles. The van der Waals surface area contributed by atoms with Crippen molar-refractivity contribution in [2.45, 2.75) is 6.42 Å². The first-order chi connectivity index (χ1) is 14.5. The van der Waals surface area contributed by atoms with Crippen LogP contribution in [0.2, 0.25) is 0 Å². The molecule has 1 aromatic carbocycles. The van der Waals surface area contributed by atoms with Gasteiger partial charge in [-0.05, 0) is 52.2 Å². The zero-order chi connectivity index (χ0) is 21.5. The predicted molar refractivity (Wildman–Crippen MR) is 116 cm³/mol. The Labute approximate surface area is 181 Å². The van der Waals surface area contributed by atoms with E-state index in [9.17, 15) is 10.1 Å². The van der Waals surface area contributed by atoms with E-state index in [0.29, 0.717) is 30.3 Å². The molecule has 0 unspecified atom stereocenters. The highest BCUT2D eigenvalue weighted by molar-refractivity contribution is 9.10. The zero-order valence-electron chi connectivity index (χ0n) is 16.3. The maximum Gasteiger partial charge on any atom is 0.353 e. The molecule has 0 fully saturated rings. The van der Waals surface area contributed by atoms with E-state index in [-0.39, 0.29) is 17.3 Å². The number of nitrogens with one attached hydrogen (secondary N) is 2. The summed E-state index contributed by atoms with van der Waals surface area (Å²) in [6.45, 7) is 0.420. The van der Waals surface area contributed by atoms with E-state index in [1.165, 1.54) is 6.33 Å². The van der Waals surface area contributed by atoms with E-state index < -0.39 is 4.92 Å². The first-order valence-corrected chi connectivity index (χ1v) is 9.64. The molecule has 0 radical (unpaired) electrons. The highest BCUT2D eigenvalue weighted by Gasteiger charge is 2.23. The fraction of sp³-hybridized carbons (Fsp3) is 0.211. The van der Waals surface area contributed by atoms with Crippen molar-refractivity contribution >= 4 is 39.1 Å². The number of nitro groups is 1. The SMILES string of the molecule is COc1ccc(CCNc2ncnc(Nc3ccc(Br)cn3)c2[N+](=O)[O-])cc1OC. The van der Waals surface area contributed by atoms with Crippen molar-refractivity contribution in [3.8, 4) is 11.5 Å². The molecule has 0 spiro atoms. The molecule has 0 bridgehead atoms. The molecule has 0 saturated heterocycles. The molecule has 2 N–H and O–H groups in total. The summed E-state index contributed by atoms with van der Waals surface area (Å²) in [5, 5.41) is 17.5. The molecule has 156 valence electrons. The topological polar surface area (TPSA) is 124 Å². The summed E-state index contributed by atoms with van der Waals surface area (Å²) in [4.78, 5) is 23.3. The summed E-state index contributed by atoms with van der Waals surface area (Å²) in [5.74, 6) is 1.86. The molecule has 10 nitrogen and oxygen atoms in total. The molecule has 11 heteroatoms. The molecule has 2 heterocycles. The summed E-state index contributed by atoms with van der Waals surface area (Å²) in [5.41, 5.74) is 0.726. The number of rotatable bonds is 9. The fourth-order valence-corrected chi connectivity index (χ4v) is 2.94. The summed E-state index contributed by atoms with van der Waals surface area (Å²) >= 11 is 3.30. The molecule has 0 aliphatic heterocycles. The quantitative estimate of drug-likeness (QED) is 0.350. The third-order valence-electron chi connectivity index (χ3n) is 4.13. The lowest BCUT2D eigenvalue weighted by Crippen LogP contribution is -2.11. The number of hydrogen-bond donors (Lipinski definition) is 2. The number of aromatic nitrogens is 3. The van der Waals surface area contributed by atoms with Crippen LogP contribution in [0.3, 0.4) is 0 Å². The van der Waals surface area contributed by atoms with Gasteiger partial charge < -0.3 is 20.1 Å². The minimum absolute atomic E-state index is 0.0541. The Morgan fingerprint density at radius 2 is 1.83 bits per heavy atom. The molecule has 3 aromatic rings. The Morgan fingerprint density at radius 1 is 1.07 bits per heavy atom. The van der Waals surface area contributed by atoms with Crippen LogP contribution in [-0.2, 0) is 6.42 Å². The standard InChI is InChI=1S/C19H19BrN6O4/c1-29-14-5-3-12(9-15(14)30-2)7-8-21-18-17(26(27)28)19(24-11-23-18)25-16-6-4-13(20)10-22-16/h3-6,9-11H,7-8H2,1-2H3,(H2,21,22,23,24,25).